The van der Waals surface area contributed by atoms with Crippen LogP contribution >= 0.6 is 28.3 Å². The molecule has 0 saturated heterocycles. The van der Waals surface area contributed by atoms with Crippen LogP contribution in [0, 0.1) is 0 Å². The highest BCUT2D eigenvalue weighted by atomic mass is 79.9. The molecule has 0 saturated carbocycles. The molecule has 2 aromatic carbocycles. The van der Waals surface area contributed by atoms with Crippen LogP contribution in [0.3, 0.4) is 0 Å². The molecule has 0 amide bonds. The molecule has 1 aliphatic heterocycles. The summed E-state index contributed by atoms with van der Waals surface area (Å²) in [5.74, 6) is 0. The van der Waals surface area contributed by atoms with Crippen LogP contribution in [0.25, 0.3) is 0 Å². The molecule has 0 bridgehead atoms. The van der Waals surface area contributed by atoms with E-state index >= 15 is 0 Å². The van der Waals surface area contributed by atoms with Crippen molar-refractivity contribution in [1.29, 1.82) is 0 Å². The van der Waals surface area contributed by atoms with E-state index in [1.165, 1.54) is 6.33 Å². The summed E-state index contributed by atoms with van der Waals surface area (Å²) in [5, 5.41) is 0. The second-order valence-corrected chi connectivity index (χ2v) is 10.3. The van der Waals surface area contributed by atoms with Gasteiger partial charge in [-0.1, -0.05) is 64.5 Å². The molecular weight excluding hydrogens is 545 g/mol. The van der Waals surface area contributed by atoms with E-state index in [1.54, 1.807) is 60.8 Å². The van der Waals surface area contributed by atoms with Gasteiger partial charge in [0.15, 0.2) is 0 Å². The molecule has 33 heavy (non-hydrogen) atoms. The Morgan fingerprint density at radius 1 is 1.09 bits per heavy atom. The second kappa shape index (κ2) is 10.0. The van der Waals surface area contributed by atoms with Crippen molar-refractivity contribution in [2.24, 2.45) is 0 Å². The molecule has 1 aliphatic rings. The van der Waals surface area contributed by atoms with Crippen LogP contribution in [-0.2, 0) is 29.5 Å². The van der Waals surface area contributed by atoms with Crippen molar-refractivity contribution in [2.75, 3.05) is 4.90 Å². The van der Waals surface area contributed by atoms with Gasteiger partial charge in [-0.15, -0.1) is 12.4 Å². The largest absolute Gasteiger partial charge is 0.511 e. The summed E-state index contributed by atoms with van der Waals surface area (Å²) in [6, 6.07) is 14.8. The number of H-pyrrole nitrogens is 1. The Labute approximate surface area is 204 Å². The summed E-state index contributed by atoms with van der Waals surface area (Å²) < 4.78 is 67.0. The van der Waals surface area contributed by atoms with Crippen molar-refractivity contribution >= 4 is 44.0 Å². The standard InChI is InChI=1S/C21H20BrF3N4O2S.ClH/c22-20-19(10-15-6-2-1-3-7-15)29(32(30,31)21(23,24)25)12-16-8-4-5-9-18(16)28(20)13-17-11-26-14-27-17;/h1-9,11,14,19-20H,10,12-13H2,(H,26,27);1H/t19?,20-;/m0./s1. The molecule has 0 spiro atoms. The number of fused-ring (bicyclic) bond motifs is 1. The molecule has 2 atom stereocenters. The van der Waals surface area contributed by atoms with E-state index in [4.69, 9.17) is 0 Å². The Bertz CT molecular complexity index is 1160. The highest BCUT2D eigenvalue weighted by molar-refractivity contribution is 9.09. The molecule has 1 N–H and O–H groups in total. The van der Waals surface area contributed by atoms with Crippen LogP contribution in [0.15, 0.2) is 67.1 Å². The number of para-hydroxylation sites is 1. The van der Waals surface area contributed by atoms with Crippen molar-refractivity contribution in [3.8, 4) is 0 Å². The van der Waals surface area contributed by atoms with Crippen molar-refractivity contribution in [2.45, 2.75) is 36.0 Å². The average molecular weight is 566 g/mol. The normalized spacial score (nSPS) is 19.5. The number of alkyl halides is 4. The van der Waals surface area contributed by atoms with Gasteiger partial charge < -0.3 is 9.88 Å². The summed E-state index contributed by atoms with van der Waals surface area (Å²) in [7, 11) is -5.60. The molecule has 178 valence electrons. The maximum absolute atomic E-state index is 13.7. The zero-order valence-electron chi connectivity index (χ0n) is 17.1. The molecular formula is C21H21BrClF3N4O2S. The van der Waals surface area contributed by atoms with E-state index in [9.17, 15) is 21.6 Å². The number of aromatic amines is 1. The quantitative estimate of drug-likeness (QED) is 0.355. The van der Waals surface area contributed by atoms with Crippen molar-refractivity contribution in [3.63, 3.8) is 0 Å². The lowest BCUT2D eigenvalue weighted by Gasteiger charge is -2.37. The van der Waals surface area contributed by atoms with Crippen LogP contribution in [-0.4, -0.2) is 39.2 Å². The van der Waals surface area contributed by atoms with Gasteiger partial charge in [0.25, 0.3) is 0 Å². The van der Waals surface area contributed by atoms with Gasteiger partial charge in [0.05, 0.1) is 24.6 Å². The number of nitrogens with zero attached hydrogens (tertiary/aromatic N) is 3. The maximum atomic E-state index is 13.7. The summed E-state index contributed by atoms with van der Waals surface area (Å²) in [6.07, 6.45) is 3.24. The highest BCUT2D eigenvalue weighted by Crippen LogP contribution is 2.39. The van der Waals surface area contributed by atoms with Gasteiger partial charge in [0, 0.05) is 18.4 Å². The van der Waals surface area contributed by atoms with Gasteiger partial charge in [-0.2, -0.15) is 17.5 Å². The lowest BCUT2D eigenvalue weighted by atomic mass is 10.1. The fraction of sp³-hybridized carbons (Fsp3) is 0.286. The van der Waals surface area contributed by atoms with E-state index in [-0.39, 0.29) is 18.8 Å². The summed E-state index contributed by atoms with van der Waals surface area (Å²) in [6.45, 7) is -0.0881. The van der Waals surface area contributed by atoms with Crippen molar-refractivity contribution in [1.82, 2.24) is 14.3 Å². The summed E-state index contributed by atoms with van der Waals surface area (Å²) in [4.78, 5) is 8.13. The first-order valence-electron chi connectivity index (χ1n) is 9.76. The predicted molar refractivity (Wildman–Crippen MR) is 126 cm³/mol. The molecule has 4 rings (SSSR count). The highest BCUT2D eigenvalue weighted by Gasteiger charge is 2.54. The maximum Gasteiger partial charge on any atom is 0.511 e. The first-order valence-corrected chi connectivity index (χ1v) is 12.1. The Balaban J connectivity index is 0.00000306. The zero-order valence-corrected chi connectivity index (χ0v) is 20.3. The molecule has 3 aromatic rings. The van der Waals surface area contributed by atoms with E-state index in [1.807, 2.05) is 4.90 Å². The van der Waals surface area contributed by atoms with E-state index in [0.717, 1.165) is 11.3 Å². The number of sulfonamides is 1. The number of hydrogen-bond donors (Lipinski definition) is 1. The number of anilines is 1. The Kier molecular flexibility index (Phi) is 7.77. The number of imidazole rings is 1. The molecule has 12 heteroatoms. The van der Waals surface area contributed by atoms with Gasteiger partial charge in [0.2, 0.25) is 0 Å². The van der Waals surface area contributed by atoms with Crippen LogP contribution in [0.1, 0.15) is 16.8 Å². The summed E-state index contributed by atoms with van der Waals surface area (Å²) >= 11 is 3.56. The number of nitrogens with one attached hydrogen (secondary N) is 1. The third kappa shape index (κ3) is 5.21. The van der Waals surface area contributed by atoms with Crippen molar-refractivity contribution in [3.05, 3.63) is 83.9 Å². The first kappa shape index (κ1) is 25.5. The molecule has 0 aliphatic carbocycles. The van der Waals surface area contributed by atoms with E-state index in [2.05, 4.69) is 25.9 Å². The average Bonchev–Trinajstić information content (AvgIpc) is 3.24. The molecule has 6 nitrogen and oxygen atoms in total. The Hall–Kier alpha value is -2.08. The fourth-order valence-corrected chi connectivity index (χ4v) is 5.98. The van der Waals surface area contributed by atoms with E-state index in [0.29, 0.717) is 22.1 Å². The number of rotatable bonds is 5. The molecule has 0 radical (unpaired) electrons. The molecule has 1 unspecified atom stereocenters. The minimum absolute atomic E-state index is 0. The van der Waals surface area contributed by atoms with Crippen LogP contribution in [0.5, 0.6) is 0 Å². The third-order valence-electron chi connectivity index (χ3n) is 5.40. The van der Waals surface area contributed by atoms with Crippen molar-refractivity contribution < 1.29 is 21.6 Å². The van der Waals surface area contributed by atoms with Crippen LogP contribution in [0.4, 0.5) is 18.9 Å². The van der Waals surface area contributed by atoms with Gasteiger partial charge in [-0.3, -0.25) is 0 Å². The third-order valence-corrected chi connectivity index (χ3v) is 8.10. The van der Waals surface area contributed by atoms with Gasteiger partial charge in [-0.05, 0) is 23.6 Å². The predicted octanol–water partition coefficient (Wildman–Crippen LogP) is 4.84. The van der Waals surface area contributed by atoms with Crippen LogP contribution in [0.2, 0.25) is 0 Å². The minimum Gasteiger partial charge on any atom is -0.351 e. The molecule has 0 fully saturated rings. The first-order chi connectivity index (χ1) is 15.2. The van der Waals surface area contributed by atoms with Gasteiger partial charge in [-0.25, -0.2) is 13.4 Å². The summed E-state index contributed by atoms with van der Waals surface area (Å²) in [5.41, 5.74) is -2.80. The number of benzene rings is 2. The number of aromatic nitrogens is 2. The minimum atomic E-state index is -5.60. The zero-order chi connectivity index (χ0) is 22.9. The van der Waals surface area contributed by atoms with Gasteiger partial charge >= 0.3 is 15.5 Å². The van der Waals surface area contributed by atoms with Gasteiger partial charge in [0.1, 0.15) is 4.95 Å². The molecule has 1 aromatic heterocycles. The number of hydrogen-bond acceptors (Lipinski definition) is 4. The molecule has 2 heterocycles. The number of halogens is 5. The fourth-order valence-electron chi connectivity index (χ4n) is 3.87. The monoisotopic (exact) mass is 564 g/mol. The lowest BCUT2D eigenvalue weighted by molar-refractivity contribution is -0.0503. The SMILES string of the molecule is Cl.O=S(=O)(N1Cc2ccccc2N(Cc2cnc[nH]2)[C@H](Br)C1Cc1ccccc1)C(F)(F)F. The topological polar surface area (TPSA) is 69.3 Å². The smallest absolute Gasteiger partial charge is 0.351 e. The lowest BCUT2D eigenvalue weighted by Crippen LogP contribution is -2.53. The van der Waals surface area contributed by atoms with E-state index < -0.39 is 33.1 Å². The van der Waals surface area contributed by atoms with Crippen LogP contribution < -0.4 is 4.90 Å². The Morgan fingerprint density at radius 2 is 1.76 bits per heavy atom. The second-order valence-electron chi connectivity index (χ2n) is 7.46. The Morgan fingerprint density at radius 3 is 2.39 bits per heavy atom.